The van der Waals surface area contributed by atoms with Gasteiger partial charge in [-0.25, -0.2) is 18.6 Å². The second-order valence-electron chi connectivity index (χ2n) is 5.59. The number of halogens is 2. The van der Waals surface area contributed by atoms with Crippen LogP contribution in [0.2, 0.25) is 0 Å². The highest BCUT2D eigenvalue weighted by Gasteiger charge is 2.18. The van der Waals surface area contributed by atoms with E-state index < -0.39 is 23.7 Å². The Balaban J connectivity index is 2.07. The number of rotatable bonds is 4. The van der Waals surface area contributed by atoms with Gasteiger partial charge >= 0.3 is 5.97 Å². The third-order valence-electron chi connectivity index (χ3n) is 3.69. The molecule has 128 valence electrons. The summed E-state index contributed by atoms with van der Waals surface area (Å²) >= 11 is 0. The maximum absolute atomic E-state index is 13.4. The summed E-state index contributed by atoms with van der Waals surface area (Å²) in [6.45, 7) is 3.44. The second-order valence-corrected chi connectivity index (χ2v) is 5.59. The van der Waals surface area contributed by atoms with Crippen molar-refractivity contribution in [2.24, 2.45) is 0 Å². The van der Waals surface area contributed by atoms with Gasteiger partial charge in [0.25, 0.3) is 0 Å². The van der Waals surface area contributed by atoms with Crippen molar-refractivity contribution in [2.75, 3.05) is 0 Å². The molecule has 7 heteroatoms. The predicted octanol–water partition coefficient (Wildman–Crippen LogP) is 4.05. The first-order valence-electron chi connectivity index (χ1n) is 7.47. The van der Waals surface area contributed by atoms with Crippen molar-refractivity contribution in [2.45, 2.75) is 20.0 Å². The van der Waals surface area contributed by atoms with Gasteiger partial charge in [-0.15, -0.1) is 0 Å². The molecule has 1 heterocycles. The molecule has 0 fully saturated rings. The Kier molecular flexibility index (Phi) is 4.31. The van der Waals surface area contributed by atoms with Crippen LogP contribution in [-0.2, 0) is 0 Å². The predicted molar refractivity (Wildman–Crippen MR) is 86.6 cm³/mol. The van der Waals surface area contributed by atoms with Gasteiger partial charge < -0.3 is 9.84 Å². The van der Waals surface area contributed by atoms with E-state index in [1.807, 2.05) is 0 Å². The zero-order valence-corrected chi connectivity index (χ0v) is 13.5. The van der Waals surface area contributed by atoms with Crippen LogP contribution in [-0.4, -0.2) is 21.0 Å². The van der Waals surface area contributed by atoms with E-state index in [1.165, 1.54) is 18.2 Å². The van der Waals surface area contributed by atoms with Gasteiger partial charge in [-0.3, -0.25) is 4.98 Å². The molecule has 0 saturated carbocycles. The van der Waals surface area contributed by atoms with Crippen molar-refractivity contribution in [1.82, 2.24) is 9.97 Å². The van der Waals surface area contributed by atoms with Gasteiger partial charge in [0.2, 0.25) is 0 Å². The fourth-order valence-electron chi connectivity index (χ4n) is 2.48. The molecule has 0 bridgehead atoms. The number of aryl methyl sites for hydroxylation is 1. The van der Waals surface area contributed by atoms with E-state index in [0.29, 0.717) is 22.3 Å². The number of nitrogens with zero attached hydrogens (tertiary/aromatic N) is 2. The summed E-state index contributed by atoms with van der Waals surface area (Å²) in [6.07, 6.45) is 0.890. The summed E-state index contributed by atoms with van der Waals surface area (Å²) in [6, 6.07) is 6.08. The zero-order chi connectivity index (χ0) is 18.1. The van der Waals surface area contributed by atoms with E-state index in [2.05, 4.69) is 9.97 Å². The van der Waals surface area contributed by atoms with Crippen LogP contribution >= 0.6 is 0 Å². The Morgan fingerprint density at radius 1 is 1.20 bits per heavy atom. The molecule has 1 atom stereocenters. The molecule has 5 nitrogen and oxygen atoms in total. The SMILES string of the molecule is Cc1cnc2cc(C(=O)O)cc(C(C)Oc3ccc(F)c(F)c3)c2n1. The first-order chi connectivity index (χ1) is 11.8. The van der Waals surface area contributed by atoms with Gasteiger partial charge in [0.15, 0.2) is 11.6 Å². The van der Waals surface area contributed by atoms with Crippen molar-refractivity contribution in [3.8, 4) is 5.75 Å². The lowest BCUT2D eigenvalue weighted by molar-refractivity contribution is 0.0696. The highest BCUT2D eigenvalue weighted by molar-refractivity contribution is 5.93. The molecule has 0 saturated heterocycles. The number of fused-ring (bicyclic) bond motifs is 1. The highest BCUT2D eigenvalue weighted by Crippen LogP contribution is 2.28. The van der Waals surface area contributed by atoms with Crippen LogP contribution in [0.3, 0.4) is 0 Å². The molecule has 2 aromatic carbocycles. The average molecular weight is 344 g/mol. The molecular weight excluding hydrogens is 330 g/mol. The monoisotopic (exact) mass is 344 g/mol. The van der Waals surface area contributed by atoms with Crippen LogP contribution < -0.4 is 4.74 Å². The molecule has 0 aliphatic heterocycles. The normalized spacial score (nSPS) is 12.2. The van der Waals surface area contributed by atoms with Gasteiger partial charge in [0, 0.05) is 17.8 Å². The van der Waals surface area contributed by atoms with E-state index in [-0.39, 0.29) is 11.3 Å². The van der Waals surface area contributed by atoms with E-state index in [4.69, 9.17) is 4.74 Å². The summed E-state index contributed by atoms with van der Waals surface area (Å²) in [5.74, 6) is -2.98. The lowest BCUT2D eigenvalue weighted by Crippen LogP contribution is -2.08. The Hall–Kier alpha value is -3.09. The van der Waals surface area contributed by atoms with Crippen LogP contribution in [0.25, 0.3) is 11.0 Å². The number of aromatic nitrogens is 2. The van der Waals surface area contributed by atoms with Crippen LogP contribution in [0.5, 0.6) is 5.75 Å². The third-order valence-corrected chi connectivity index (χ3v) is 3.69. The number of carbonyl (C=O) groups is 1. The molecule has 0 aliphatic carbocycles. The largest absolute Gasteiger partial charge is 0.486 e. The molecule has 0 radical (unpaired) electrons. The van der Waals surface area contributed by atoms with E-state index in [1.54, 1.807) is 20.0 Å². The Morgan fingerprint density at radius 2 is 1.96 bits per heavy atom. The Labute approximate surface area is 141 Å². The first-order valence-corrected chi connectivity index (χ1v) is 7.47. The molecule has 0 spiro atoms. The number of carboxylic acid groups (broad SMARTS) is 1. The van der Waals surface area contributed by atoms with Gasteiger partial charge in [-0.05, 0) is 38.1 Å². The molecule has 1 N–H and O–H groups in total. The second kappa shape index (κ2) is 6.43. The average Bonchev–Trinajstić information content (AvgIpc) is 2.57. The van der Waals surface area contributed by atoms with Crippen molar-refractivity contribution < 1.29 is 23.4 Å². The standard InChI is InChI=1S/C18H14F2N2O3/c1-9-8-21-16-6-11(18(23)24)5-13(17(16)22-9)10(2)25-12-3-4-14(19)15(20)7-12/h3-8,10H,1-2H3,(H,23,24). The number of benzene rings is 2. The van der Waals surface area contributed by atoms with Crippen molar-refractivity contribution in [3.63, 3.8) is 0 Å². The van der Waals surface area contributed by atoms with Crippen molar-refractivity contribution >= 4 is 17.0 Å². The number of ether oxygens (including phenoxy) is 1. The van der Waals surface area contributed by atoms with Gasteiger partial charge in [0.1, 0.15) is 11.9 Å². The molecule has 25 heavy (non-hydrogen) atoms. The Bertz CT molecular complexity index is 976. The molecule has 3 aromatic rings. The fraction of sp³-hybridized carbons (Fsp3) is 0.167. The number of hydrogen-bond donors (Lipinski definition) is 1. The quantitative estimate of drug-likeness (QED) is 0.773. The fourth-order valence-corrected chi connectivity index (χ4v) is 2.48. The Morgan fingerprint density at radius 3 is 2.64 bits per heavy atom. The topological polar surface area (TPSA) is 72.3 Å². The minimum Gasteiger partial charge on any atom is -0.486 e. The molecule has 0 aliphatic rings. The van der Waals surface area contributed by atoms with Crippen LogP contribution in [0.4, 0.5) is 8.78 Å². The highest BCUT2D eigenvalue weighted by atomic mass is 19.2. The lowest BCUT2D eigenvalue weighted by atomic mass is 10.0. The summed E-state index contributed by atoms with van der Waals surface area (Å²) in [5.41, 5.74) is 2.12. The summed E-state index contributed by atoms with van der Waals surface area (Å²) in [5, 5.41) is 9.28. The number of aromatic carboxylic acids is 1. The smallest absolute Gasteiger partial charge is 0.335 e. The van der Waals surface area contributed by atoms with Gasteiger partial charge in [0.05, 0.1) is 22.3 Å². The molecule has 3 rings (SSSR count). The van der Waals surface area contributed by atoms with E-state index >= 15 is 0 Å². The molecule has 0 amide bonds. The van der Waals surface area contributed by atoms with Gasteiger partial charge in [-0.2, -0.15) is 0 Å². The molecule has 1 unspecified atom stereocenters. The lowest BCUT2D eigenvalue weighted by Gasteiger charge is -2.17. The zero-order valence-electron chi connectivity index (χ0n) is 13.5. The number of hydrogen-bond acceptors (Lipinski definition) is 4. The first kappa shape index (κ1) is 16.8. The molecular formula is C18H14F2N2O3. The van der Waals surface area contributed by atoms with Crippen molar-refractivity contribution in [1.29, 1.82) is 0 Å². The van der Waals surface area contributed by atoms with Crippen molar-refractivity contribution in [3.05, 3.63) is 65.0 Å². The van der Waals surface area contributed by atoms with E-state index in [0.717, 1.165) is 12.1 Å². The summed E-state index contributed by atoms with van der Waals surface area (Å²) in [4.78, 5) is 20.0. The van der Waals surface area contributed by atoms with E-state index in [9.17, 15) is 18.7 Å². The maximum atomic E-state index is 13.4. The van der Waals surface area contributed by atoms with Crippen LogP contribution in [0.15, 0.2) is 36.5 Å². The summed E-state index contributed by atoms with van der Waals surface area (Å²) in [7, 11) is 0. The van der Waals surface area contributed by atoms with Gasteiger partial charge in [-0.1, -0.05) is 0 Å². The van der Waals surface area contributed by atoms with Crippen LogP contribution in [0.1, 0.15) is 34.6 Å². The maximum Gasteiger partial charge on any atom is 0.335 e. The minimum atomic E-state index is -1.11. The summed E-state index contributed by atoms with van der Waals surface area (Å²) < 4.78 is 32.0. The third kappa shape index (κ3) is 3.40. The number of carboxylic acids is 1. The molecule has 1 aromatic heterocycles. The minimum absolute atomic E-state index is 0.0430. The van der Waals surface area contributed by atoms with Crippen LogP contribution in [0, 0.1) is 18.6 Å².